The molecule has 0 aromatic heterocycles. The zero-order valence-electron chi connectivity index (χ0n) is 29.8. The number of carbonyl (C=O) groups excluding carboxylic acids is 3. The van der Waals surface area contributed by atoms with Gasteiger partial charge in [0.2, 0.25) is 0 Å². The summed E-state index contributed by atoms with van der Waals surface area (Å²) in [5.74, 6) is 0.767. The molecule has 0 aliphatic carbocycles. The van der Waals surface area contributed by atoms with E-state index >= 15 is 0 Å². The van der Waals surface area contributed by atoms with Gasteiger partial charge >= 0.3 is 0 Å². The van der Waals surface area contributed by atoms with E-state index in [0.717, 1.165) is 49.7 Å². The SMILES string of the molecule is CC(C)C(=O)C(CCCCN)N(CCN)CCN.CC(C)C(=O)C(N)CCCN=C(N)N.CC(C)C(=O)c1ccc2ccccc2c1. The number of rotatable bonds is 19. The molecule has 11 nitrogen and oxygen atoms in total. The second-order valence-electron chi connectivity index (χ2n) is 12.7. The fourth-order valence-corrected chi connectivity index (χ4v) is 4.89. The zero-order valence-corrected chi connectivity index (χ0v) is 29.8. The predicted octanol–water partition coefficient (Wildman–Crippen LogP) is 3.20. The molecule has 0 aliphatic heterocycles. The van der Waals surface area contributed by atoms with Crippen LogP contribution < -0.4 is 34.4 Å². The van der Waals surface area contributed by atoms with Crippen molar-refractivity contribution < 1.29 is 14.4 Å². The summed E-state index contributed by atoms with van der Waals surface area (Å²) in [4.78, 5) is 41.4. The molecule has 0 heterocycles. The first-order valence-electron chi connectivity index (χ1n) is 17.0. The van der Waals surface area contributed by atoms with Crippen LogP contribution in [0, 0.1) is 17.8 Å². The fraction of sp³-hybridized carbons (Fsp3) is 0.611. The van der Waals surface area contributed by atoms with Crippen LogP contribution in [0.2, 0.25) is 0 Å². The number of hydrogen-bond donors (Lipinski definition) is 6. The van der Waals surface area contributed by atoms with E-state index in [-0.39, 0.29) is 53.1 Å². The Morgan fingerprint density at radius 1 is 0.702 bits per heavy atom. The van der Waals surface area contributed by atoms with Crippen LogP contribution in [-0.4, -0.2) is 79.6 Å². The van der Waals surface area contributed by atoms with E-state index in [1.54, 1.807) is 0 Å². The molecule has 47 heavy (non-hydrogen) atoms. The minimum absolute atomic E-state index is 0.00641. The smallest absolute Gasteiger partial charge is 0.185 e. The summed E-state index contributed by atoms with van der Waals surface area (Å²) in [6, 6.07) is 13.5. The van der Waals surface area contributed by atoms with Crippen molar-refractivity contribution in [2.75, 3.05) is 39.3 Å². The Hall–Kier alpha value is -3.22. The van der Waals surface area contributed by atoms with Gasteiger partial charge in [0, 0.05) is 56.0 Å². The summed E-state index contributed by atoms with van der Waals surface area (Å²) in [6.07, 6.45) is 4.16. The Morgan fingerprint density at radius 3 is 1.77 bits per heavy atom. The highest BCUT2D eigenvalue weighted by atomic mass is 16.1. The van der Waals surface area contributed by atoms with E-state index in [9.17, 15) is 14.4 Å². The molecular weight excluding hydrogens is 592 g/mol. The molecule has 11 heteroatoms. The third-order valence-corrected chi connectivity index (χ3v) is 7.56. The first-order chi connectivity index (χ1) is 22.2. The normalized spacial score (nSPS) is 12.3. The van der Waals surface area contributed by atoms with Crippen LogP contribution in [0.3, 0.4) is 0 Å². The van der Waals surface area contributed by atoms with Crippen LogP contribution in [0.4, 0.5) is 0 Å². The summed E-state index contributed by atoms with van der Waals surface area (Å²) in [5, 5.41) is 2.31. The van der Waals surface area contributed by atoms with Gasteiger partial charge in [-0.25, -0.2) is 0 Å². The number of fused-ring (bicyclic) bond motifs is 1. The molecule has 0 bridgehead atoms. The molecule has 0 radical (unpaired) electrons. The average Bonchev–Trinajstić information content (AvgIpc) is 3.04. The summed E-state index contributed by atoms with van der Waals surface area (Å²) in [7, 11) is 0. The van der Waals surface area contributed by atoms with E-state index < -0.39 is 0 Å². The number of carbonyl (C=O) groups is 3. The molecule has 0 amide bonds. The predicted molar refractivity (Wildman–Crippen MR) is 197 cm³/mol. The van der Waals surface area contributed by atoms with Gasteiger partial charge in [0.05, 0.1) is 12.1 Å². The van der Waals surface area contributed by atoms with Gasteiger partial charge in [-0.2, -0.15) is 0 Å². The number of nitrogens with zero attached hydrogens (tertiary/aromatic N) is 2. The van der Waals surface area contributed by atoms with Crippen LogP contribution in [0.25, 0.3) is 10.8 Å². The van der Waals surface area contributed by atoms with Gasteiger partial charge in [0.25, 0.3) is 0 Å². The van der Waals surface area contributed by atoms with Crippen LogP contribution in [0.15, 0.2) is 47.5 Å². The summed E-state index contributed by atoms with van der Waals surface area (Å²) < 4.78 is 0. The summed E-state index contributed by atoms with van der Waals surface area (Å²) in [5.41, 5.74) is 33.5. The van der Waals surface area contributed by atoms with Crippen molar-refractivity contribution in [3.8, 4) is 0 Å². The minimum Gasteiger partial charge on any atom is -0.370 e. The van der Waals surface area contributed by atoms with Gasteiger partial charge in [-0.15, -0.1) is 0 Å². The van der Waals surface area contributed by atoms with E-state index in [0.29, 0.717) is 32.6 Å². The average molecular weight is 657 g/mol. The molecule has 0 spiro atoms. The Bertz CT molecular complexity index is 1210. The van der Waals surface area contributed by atoms with Crippen molar-refractivity contribution in [2.45, 2.75) is 85.7 Å². The second-order valence-corrected chi connectivity index (χ2v) is 12.7. The van der Waals surface area contributed by atoms with Crippen LogP contribution in [-0.2, 0) is 9.59 Å². The van der Waals surface area contributed by atoms with Crippen LogP contribution >= 0.6 is 0 Å². The molecule has 2 aromatic rings. The highest BCUT2D eigenvalue weighted by Crippen LogP contribution is 2.18. The molecule has 2 aromatic carbocycles. The van der Waals surface area contributed by atoms with Crippen molar-refractivity contribution in [3.05, 3.63) is 48.0 Å². The van der Waals surface area contributed by atoms with Gasteiger partial charge in [0.1, 0.15) is 0 Å². The molecule has 2 rings (SSSR count). The van der Waals surface area contributed by atoms with Crippen molar-refractivity contribution >= 4 is 34.1 Å². The zero-order chi connectivity index (χ0) is 35.9. The van der Waals surface area contributed by atoms with E-state index in [4.69, 9.17) is 34.4 Å². The van der Waals surface area contributed by atoms with Gasteiger partial charge in [-0.05, 0) is 49.1 Å². The molecule has 0 saturated carbocycles. The van der Waals surface area contributed by atoms with Gasteiger partial charge in [-0.3, -0.25) is 24.3 Å². The second kappa shape index (κ2) is 24.9. The number of unbranched alkanes of at least 4 members (excludes halogenated alkanes) is 1. The fourth-order valence-electron chi connectivity index (χ4n) is 4.89. The largest absolute Gasteiger partial charge is 0.370 e. The van der Waals surface area contributed by atoms with Gasteiger partial charge < -0.3 is 34.4 Å². The number of guanidine groups is 1. The summed E-state index contributed by atoms with van der Waals surface area (Å²) >= 11 is 0. The van der Waals surface area contributed by atoms with E-state index in [1.165, 1.54) is 5.39 Å². The highest BCUT2D eigenvalue weighted by Gasteiger charge is 2.26. The Labute approximate surface area is 283 Å². The quantitative estimate of drug-likeness (QED) is 0.0560. The standard InChI is InChI=1S/C14H14O.C13H30N4O.C9H20N4O/c1-10(2)14(15)13-8-7-11-5-3-4-6-12(11)9-13;1-11(2)13(18)12(5-3-4-6-14)17(9-7-15)10-8-16;1-6(2)8(14)7(10)4-3-5-13-9(11)12/h3-10H,1-2H3;11-12H,3-10,14-16H2,1-2H3;6-7H,3-5,10H2,1-2H3,(H4,11,12,13). The molecule has 2 unspecified atom stereocenters. The van der Waals surface area contributed by atoms with Gasteiger partial charge in [-0.1, -0.05) is 84.4 Å². The number of aliphatic imine (C=N–C) groups is 1. The lowest BCUT2D eigenvalue weighted by Gasteiger charge is -2.31. The number of hydrogen-bond acceptors (Lipinski definition) is 9. The van der Waals surface area contributed by atoms with E-state index in [2.05, 4.69) is 16.0 Å². The number of benzene rings is 2. The Kier molecular flexibility index (Phi) is 23.2. The molecule has 0 fully saturated rings. The molecule has 2 atom stereocenters. The lowest BCUT2D eigenvalue weighted by molar-refractivity contribution is -0.127. The number of Topliss-reactive ketones (excluding diaryl/α,β-unsaturated/α-hetero) is 3. The third-order valence-electron chi connectivity index (χ3n) is 7.56. The molecule has 266 valence electrons. The van der Waals surface area contributed by atoms with E-state index in [1.807, 2.05) is 77.9 Å². The Balaban J connectivity index is 0.000000681. The van der Waals surface area contributed by atoms with Crippen LogP contribution in [0.1, 0.15) is 84.0 Å². The molecular formula is C36H64N8O3. The van der Waals surface area contributed by atoms with Crippen molar-refractivity contribution in [2.24, 2.45) is 57.1 Å². The number of ketones is 3. The maximum absolute atomic E-state index is 12.3. The highest BCUT2D eigenvalue weighted by molar-refractivity contribution is 6.00. The third kappa shape index (κ3) is 18.1. The molecule has 0 saturated heterocycles. The monoisotopic (exact) mass is 657 g/mol. The lowest BCUT2D eigenvalue weighted by atomic mass is 9.95. The lowest BCUT2D eigenvalue weighted by Crippen LogP contribution is -2.47. The topological polar surface area (TPSA) is 223 Å². The summed E-state index contributed by atoms with van der Waals surface area (Å²) in [6.45, 7) is 15.2. The van der Waals surface area contributed by atoms with Crippen molar-refractivity contribution in [1.82, 2.24) is 4.90 Å². The molecule has 0 aliphatic rings. The van der Waals surface area contributed by atoms with Crippen LogP contribution in [0.5, 0.6) is 0 Å². The number of nitrogens with two attached hydrogens (primary N) is 6. The maximum atomic E-state index is 12.3. The first-order valence-corrected chi connectivity index (χ1v) is 17.0. The molecule has 12 N–H and O–H groups in total. The minimum atomic E-state index is -0.385. The maximum Gasteiger partial charge on any atom is 0.185 e. The Morgan fingerprint density at radius 2 is 1.28 bits per heavy atom. The first kappa shape index (κ1) is 43.8. The van der Waals surface area contributed by atoms with Crippen molar-refractivity contribution in [1.29, 1.82) is 0 Å². The van der Waals surface area contributed by atoms with Crippen molar-refractivity contribution in [3.63, 3.8) is 0 Å². The van der Waals surface area contributed by atoms with Gasteiger partial charge in [0.15, 0.2) is 23.3 Å².